The van der Waals surface area contributed by atoms with Crippen molar-refractivity contribution < 1.29 is 9.90 Å². The number of thioether (sulfide) groups is 1. The van der Waals surface area contributed by atoms with Crippen LogP contribution in [0.4, 0.5) is 0 Å². The van der Waals surface area contributed by atoms with Gasteiger partial charge in [-0.15, -0.1) is 0 Å². The fourth-order valence-electron chi connectivity index (χ4n) is 0.854. The van der Waals surface area contributed by atoms with Crippen molar-refractivity contribution in [1.82, 2.24) is 9.97 Å². The van der Waals surface area contributed by atoms with Crippen molar-refractivity contribution >= 4 is 17.7 Å². The molecule has 1 aromatic rings. The second-order valence-electron chi connectivity index (χ2n) is 2.39. The first kappa shape index (κ1) is 9.98. The fourth-order valence-corrected chi connectivity index (χ4v) is 1.44. The van der Waals surface area contributed by atoms with Crippen molar-refractivity contribution in [2.45, 2.75) is 19.0 Å². The molecule has 0 aliphatic rings. The highest BCUT2D eigenvalue weighted by Crippen LogP contribution is 2.13. The summed E-state index contributed by atoms with van der Waals surface area (Å²) >= 11 is 1.49. The molecule has 1 N–H and O–H groups in total. The fraction of sp³-hybridized carbons (Fsp3) is 0.375. The van der Waals surface area contributed by atoms with Gasteiger partial charge in [0.2, 0.25) is 0 Å². The Kier molecular flexibility index (Phi) is 3.25. The van der Waals surface area contributed by atoms with E-state index in [0.29, 0.717) is 10.9 Å². The van der Waals surface area contributed by atoms with E-state index in [-0.39, 0.29) is 5.56 Å². The molecule has 4 nitrogen and oxygen atoms in total. The molecule has 0 bridgehead atoms. The number of carboxylic acid groups (broad SMARTS) is 1. The molecule has 0 aromatic carbocycles. The van der Waals surface area contributed by atoms with Crippen molar-refractivity contribution in [3.05, 3.63) is 17.5 Å². The van der Waals surface area contributed by atoms with Crippen molar-refractivity contribution in [3.8, 4) is 0 Å². The Balaban J connectivity index is 2.98. The number of hydrogen-bond donors (Lipinski definition) is 1. The Morgan fingerprint density at radius 3 is 2.85 bits per heavy atom. The molecular weight excluding hydrogens is 188 g/mol. The summed E-state index contributed by atoms with van der Waals surface area (Å²) in [6.07, 6.45) is 1.35. The lowest BCUT2D eigenvalue weighted by Crippen LogP contribution is -2.03. The van der Waals surface area contributed by atoms with Gasteiger partial charge in [-0.3, -0.25) is 0 Å². The molecule has 0 saturated heterocycles. The molecule has 13 heavy (non-hydrogen) atoms. The number of carboxylic acids is 1. The van der Waals surface area contributed by atoms with E-state index in [1.807, 2.05) is 6.92 Å². The predicted molar refractivity (Wildman–Crippen MR) is 50.1 cm³/mol. The van der Waals surface area contributed by atoms with Crippen LogP contribution in [0.15, 0.2) is 11.4 Å². The second kappa shape index (κ2) is 4.23. The number of aryl methyl sites for hydroxylation is 1. The van der Waals surface area contributed by atoms with Gasteiger partial charge in [0, 0.05) is 6.20 Å². The van der Waals surface area contributed by atoms with Gasteiger partial charge < -0.3 is 5.11 Å². The first-order valence-corrected chi connectivity index (χ1v) is 4.83. The summed E-state index contributed by atoms with van der Waals surface area (Å²) < 4.78 is 0. The zero-order valence-electron chi connectivity index (χ0n) is 7.44. The molecule has 1 aromatic heterocycles. The summed E-state index contributed by atoms with van der Waals surface area (Å²) in [6.45, 7) is 3.67. The van der Waals surface area contributed by atoms with Crippen LogP contribution in [0.5, 0.6) is 0 Å². The number of aromatic carboxylic acids is 1. The third kappa shape index (κ3) is 2.42. The molecule has 0 aliphatic heterocycles. The average Bonchev–Trinajstić information content (AvgIpc) is 2.04. The maximum Gasteiger partial charge on any atom is 0.339 e. The highest BCUT2D eigenvalue weighted by Gasteiger charge is 2.09. The van der Waals surface area contributed by atoms with Gasteiger partial charge in [-0.1, -0.05) is 18.7 Å². The van der Waals surface area contributed by atoms with Crippen LogP contribution in [0, 0.1) is 6.92 Å². The third-order valence-corrected chi connectivity index (χ3v) is 2.20. The van der Waals surface area contributed by atoms with Crippen molar-refractivity contribution in [2.75, 3.05) is 5.75 Å². The van der Waals surface area contributed by atoms with E-state index in [4.69, 9.17) is 5.11 Å². The molecule has 70 valence electrons. The molecule has 0 amide bonds. The lowest BCUT2D eigenvalue weighted by atomic mass is 10.2. The number of carbonyl (C=O) groups is 1. The number of hydrogen-bond acceptors (Lipinski definition) is 4. The zero-order chi connectivity index (χ0) is 9.84. The molecule has 0 atom stereocenters. The zero-order valence-corrected chi connectivity index (χ0v) is 8.26. The van der Waals surface area contributed by atoms with Crippen LogP contribution in [-0.4, -0.2) is 26.8 Å². The van der Waals surface area contributed by atoms with Crippen molar-refractivity contribution in [1.29, 1.82) is 0 Å². The Morgan fingerprint density at radius 1 is 1.69 bits per heavy atom. The van der Waals surface area contributed by atoms with Crippen LogP contribution < -0.4 is 0 Å². The van der Waals surface area contributed by atoms with Crippen molar-refractivity contribution in [2.24, 2.45) is 0 Å². The van der Waals surface area contributed by atoms with Gasteiger partial charge in [0.15, 0.2) is 5.16 Å². The summed E-state index contributed by atoms with van der Waals surface area (Å²) in [6, 6.07) is 0. The molecule has 0 spiro atoms. The molecule has 1 heterocycles. The minimum absolute atomic E-state index is 0.167. The van der Waals surface area contributed by atoms with Crippen molar-refractivity contribution in [3.63, 3.8) is 0 Å². The highest BCUT2D eigenvalue weighted by molar-refractivity contribution is 7.99. The van der Waals surface area contributed by atoms with Gasteiger partial charge >= 0.3 is 5.97 Å². The average molecular weight is 198 g/mol. The van der Waals surface area contributed by atoms with Crippen LogP contribution in [0.2, 0.25) is 0 Å². The summed E-state index contributed by atoms with van der Waals surface area (Å²) in [5.41, 5.74) is 0.680. The van der Waals surface area contributed by atoms with Gasteiger partial charge in [0.1, 0.15) is 0 Å². The van der Waals surface area contributed by atoms with Gasteiger partial charge in [-0.05, 0) is 12.7 Å². The maximum absolute atomic E-state index is 10.6. The number of aromatic nitrogens is 2. The summed E-state index contributed by atoms with van der Waals surface area (Å²) in [4.78, 5) is 18.6. The third-order valence-electron chi connectivity index (χ3n) is 1.46. The van der Waals surface area contributed by atoms with E-state index < -0.39 is 5.97 Å². The smallest absolute Gasteiger partial charge is 0.339 e. The van der Waals surface area contributed by atoms with Gasteiger partial charge in [-0.2, -0.15) is 0 Å². The Bertz CT molecular complexity index is 328. The molecule has 0 aliphatic carbocycles. The standard InChI is InChI=1S/C8H10N2O2S/c1-3-13-8-9-4-6(7(11)12)5(2)10-8/h4H,3H2,1-2H3,(H,11,12). The van der Waals surface area contributed by atoms with Gasteiger partial charge in [0.05, 0.1) is 11.3 Å². The van der Waals surface area contributed by atoms with Crippen LogP contribution in [0.25, 0.3) is 0 Å². The Morgan fingerprint density at radius 2 is 2.38 bits per heavy atom. The quantitative estimate of drug-likeness (QED) is 0.590. The Labute approximate surface area is 80.4 Å². The molecule has 0 unspecified atom stereocenters. The lowest BCUT2D eigenvalue weighted by molar-refractivity contribution is 0.0695. The molecule has 0 saturated carbocycles. The van der Waals surface area contributed by atoms with E-state index in [1.165, 1.54) is 18.0 Å². The van der Waals surface area contributed by atoms with Gasteiger partial charge in [-0.25, -0.2) is 14.8 Å². The van der Waals surface area contributed by atoms with E-state index in [9.17, 15) is 4.79 Å². The maximum atomic E-state index is 10.6. The summed E-state index contributed by atoms with van der Waals surface area (Å²) in [5, 5.41) is 9.33. The molecule has 0 fully saturated rings. The summed E-state index contributed by atoms with van der Waals surface area (Å²) in [5.74, 6) is -0.100. The van der Waals surface area contributed by atoms with Crippen LogP contribution >= 0.6 is 11.8 Å². The lowest BCUT2D eigenvalue weighted by Gasteiger charge is -2.01. The normalized spacial score (nSPS) is 10.0. The predicted octanol–water partition coefficient (Wildman–Crippen LogP) is 1.60. The second-order valence-corrected chi connectivity index (χ2v) is 3.62. The highest BCUT2D eigenvalue weighted by atomic mass is 32.2. The Hall–Kier alpha value is -1.10. The van der Waals surface area contributed by atoms with E-state index in [1.54, 1.807) is 6.92 Å². The van der Waals surface area contributed by atoms with Gasteiger partial charge in [0.25, 0.3) is 0 Å². The molecule has 1 rings (SSSR count). The van der Waals surface area contributed by atoms with E-state index in [2.05, 4.69) is 9.97 Å². The van der Waals surface area contributed by atoms with E-state index in [0.717, 1.165) is 5.75 Å². The molecule has 0 radical (unpaired) electrons. The first-order chi connectivity index (χ1) is 6.15. The molecular formula is C8H10N2O2S. The minimum Gasteiger partial charge on any atom is -0.478 e. The van der Waals surface area contributed by atoms with Crippen LogP contribution in [0.1, 0.15) is 23.0 Å². The number of rotatable bonds is 3. The minimum atomic E-state index is -0.981. The summed E-state index contributed by atoms with van der Waals surface area (Å²) in [7, 11) is 0. The largest absolute Gasteiger partial charge is 0.478 e. The van der Waals surface area contributed by atoms with Crippen LogP contribution in [-0.2, 0) is 0 Å². The topological polar surface area (TPSA) is 63.1 Å². The van der Waals surface area contributed by atoms with Crippen LogP contribution in [0.3, 0.4) is 0 Å². The SMILES string of the molecule is CCSc1ncc(C(=O)O)c(C)n1. The molecule has 5 heteroatoms. The number of nitrogens with zero attached hydrogens (tertiary/aromatic N) is 2. The van der Waals surface area contributed by atoms with E-state index >= 15 is 0 Å². The monoisotopic (exact) mass is 198 g/mol. The first-order valence-electron chi connectivity index (χ1n) is 3.85.